The van der Waals surface area contributed by atoms with Crippen LogP contribution in [-0.4, -0.2) is 26.6 Å². The van der Waals surface area contributed by atoms with E-state index >= 15 is 0 Å². The molecule has 3 N–H and O–H groups in total. The highest BCUT2D eigenvalue weighted by Crippen LogP contribution is 2.20. The van der Waals surface area contributed by atoms with Gasteiger partial charge in [-0.2, -0.15) is 0 Å². The summed E-state index contributed by atoms with van der Waals surface area (Å²) in [5.74, 6) is -0.296. The van der Waals surface area contributed by atoms with Crippen LogP contribution < -0.4 is 11.1 Å². The molecule has 0 saturated carbocycles. The van der Waals surface area contributed by atoms with Crippen molar-refractivity contribution in [2.45, 2.75) is 37.6 Å². The Bertz CT molecular complexity index is 567. The number of hydrogen-bond acceptors (Lipinski definition) is 4. The largest absolute Gasteiger partial charge is 0.324 e. The zero-order valence-electron chi connectivity index (χ0n) is 11.4. The van der Waals surface area contributed by atoms with Crippen LogP contribution in [0.3, 0.4) is 0 Å². The summed E-state index contributed by atoms with van der Waals surface area (Å²) < 4.78 is 23.0. The van der Waals surface area contributed by atoms with Gasteiger partial charge in [0, 0.05) is 11.9 Å². The summed E-state index contributed by atoms with van der Waals surface area (Å²) in [6, 6.07) is 4.07. The second-order valence-electron chi connectivity index (χ2n) is 4.63. The van der Waals surface area contributed by atoms with Crippen LogP contribution in [0.4, 0.5) is 5.69 Å². The lowest BCUT2D eigenvalue weighted by Crippen LogP contribution is -2.35. The summed E-state index contributed by atoms with van der Waals surface area (Å²) in [4.78, 5) is 12.0. The third-order valence-electron chi connectivity index (χ3n) is 2.83. The highest BCUT2D eigenvalue weighted by atomic mass is 32.2. The molecular weight excluding hydrogens is 264 g/mol. The highest BCUT2D eigenvalue weighted by molar-refractivity contribution is 7.90. The number of amides is 1. The number of carbonyl (C=O) groups excluding carboxylic acids is 1. The SMILES string of the molecule is CCCC(N)C(=O)Nc1cc(S(C)(=O)=O)ccc1C. The van der Waals surface area contributed by atoms with Crippen molar-refractivity contribution >= 4 is 21.4 Å². The first-order valence-electron chi connectivity index (χ1n) is 6.13. The van der Waals surface area contributed by atoms with Crippen molar-refractivity contribution in [1.82, 2.24) is 0 Å². The normalized spacial score (nSPS) is 13.1. The number of nitrogens with two attached hydrogens (primary N) is 1. The Morgan fingerprint density at radius 3 is 2.58 bits per heavy atom. The van der Waals surface area contributed by atoms with Gasteiger partial charge in [0.05, 0.1) is 10.9 Å². The summed E-state index contributed by atoms with van der Waals surface area (Å²) in [6.07, 6.45) is 2.54. The Balaban J connectivity index is 2.98. The monoisotopic (exact) mass is 284 g/mol. The quantitative estimate of drug-likeness (QED) is 0.856. The van der Waals surface area contributed by atoms with Gasteiger partial charge >= 0.3 is 0 Å². The van der Waals surface area contributed by atoms with Gasteiger partial charge in [0.1, 0.15) is 0 Å². The van der Waals surface area contributed by atoms with Crippen LogP contribution in [-0.2, 0) is 14.6 Å². The minimum absolute atomic E-state index is 0.178. The average molecular weight is 284 g/mol. The Labute approximate surface area is 114 Å². The van der Waals surface area contributed by atoms with Gasteiger partial charge in [-0.3, -0.25) is 4.79 Å². The van der Waals surface area contributed by atoms with Crippen LogP contribution in [0.2, 0.25) is 0 Å². The van der Waals surface area contributed by atoms with Crippen LogP contribution in [0.15, 0.2) is 23.1 Å². The fourth-order valence-corrected chi connectivity index (χ4v) is 2.28. The van der Waals surface area contributed by atoms with Crippen molar-refractivity contribution in [3.8, 4) is 0 Å². The number of rotatable bonds is 5. The molecule has 0 aliphatic carbocycles. The molecule has 6 heteroatoms. The molecule has 1 rings (SSSR count). The molecule has 0 saturated heterocycles. The molecule has 0 radical (unpaired) electrons. The van der Waals surface area contributed by atoms with E-state index in [1.165, 1.54) is 12.1 Å². The van der Waals surface area contributed by atoms with E-state index in [9.17, 15) is 13.2 Å². The molecule has 5 nitrogen and oxygen atoms in total. The maximum atomic E-state index is 11.8. The number of nitrogens with one attached hydrogen (secondary N) is 1. The Hall–Kier alpha value is -1.40. The first-order chi connectivity index (χ1) is 8.75. The number of benzene rings is 1. The van der Waals surface area contributed by atoms with Crippen molar-refractivity contribution in [2.75, 3.05) is 11.6 Å². The number of carbonyl (C=O) groups is 1. The van der Waals surface area contributed by atoms with Crippen molar-refractivity contribution < 1.29 is 13.2 Å². The molecule has 0 fully saturated rings. The van der Waals surface area contributed by atoms with E-state index < -0.39 is 15.9 Å². The molecule has 1 amide bonds. The maximum Gasteiger partial charge on any atom is 0.241 e. The molecule has 0 heterocycles. The molecule has 0 spiro atoms. The summed E-state index contributed by atoms with van der Waals surface area (Å²) in [7, 11) is -3.29. The van der Waals surface area contributed by atoms with E-state index in [2.05, 4.69) is 5.32 Å². The van der Waals surface area contributed by atoms with E-state index in [1.807, 2.05) is 6.92 Å². The van der Waals surface area contributed by atoms with Gasteiger partial charge < -0.3 is 11.1 Å². The van der Waals surface area contributed by atoms with Gasteiger partial charge in [-0.15, -0.1) is 0 Å². The second-order valence-corrected chi connectivity index (χ2v) is 6.65. The molecule has 0 aliphatic heterocycles. The molecule has 106 valence electrons. The van der Waals surface area contributed by atoms with Crippen LogP contribution in [0.5, 0.6) is 0 Å². The van der Waals surface area contributed by atoms with Gasteiger partial charge in [-0.1, -0.05) is 19.4 Å². The van der Waals surface area contributed by atoms with E-state index in [0.717, 1.165) is 18.2 Å². The topological polar surface area (TPSA) is 89.3 Å². The number of aryl methyl sites for hydroxylation is 1. The molecule has 1 atom stereocenters. The van der Waals surface area contributed by atoms with E-state index in [0.29, 0.717) is 12.1 Å². The van der Waals surface area contributed by atoms with Crippen LogP contribution in [0.1, 0.15) is 25.3 Å². The zero-order valence-corrected chi connectivity index (χ0v) is 12.3. The lowest BCUT2D eigenvalue weighted by atomic mass is 10.1. The molecule has 1 aromatic carbocycles. The second kappa shape index (κ2) is 6.16. The Morgan fingerprint density at radius 2 is 2.05 bits per heavy atom. The average Bonchev–Trinajstić information content (AvgIpc) is 2.30. The van der Waals surface area contributed by atoms with Crippen LogP contribution in [0.25, 0.3) is 0 Å². The smallest absolute Gasteiger partial charge is 0.241 e. The van der Waals surface area contributed by atoms with Gasteiger partial charge in [-0.25, -0.2) is 8.42 Å². The Morgan fingerprint density at radius 1 is 1.42 bits per heavy atom. The minimum atomic E-state index is -3.29. The molecule has 0 bridgehead atoms. The molecule has 1 unspecified atom stereocenters. The predicted octanol–water partition coefficient (Wildman–Crippen LogP) is 1.46. The first kappa shape index (κ1) is 15.7. The Kier molecular flexibility index (Phi) is 5.08. The van der Waals surface area contributed by atoms with Crippen molar-refractivity contribution in [2.24, 2.45) is 5.73 Å². The molecule has 0 aromatic heterocycles. The summed E-state index contributed by atoms with van der Waals surface area (Å²) in [5.41, 5.74) is 7.00. The standard InChI is InChI=1S/C13H20N2O3S/c1-4-5-11(14)13(16)15-12-8-10(19(3,17)18)7-6-9(12)2/h6-8,11H,4-5,14H2,1-3H3,(H,15,16). The van der Waals surface area contributed by atoms with Crippen molar-refractivity contribution in [3.63, 3.8) is 0 Å². The molecule has 1 aromatic rings. The number of anilines is 1. The third kappa shape index (κ3) is 4.33. The van der Waals surface area contributed by atoms with Gasteiger partial charge in [0.2, 0.25) is 5.91 Å². The fraction of sp³-hybridized carbons (Fsp3) is 0.462. The molecular formula is C13H20N2O3S. The van der Waals surface area contributed by atoms with Crippen molar-refractivity contribution in [3.05, 3.63) is 23.8 Å². The lowest BCUT2D eigenvalue weighted by molar-refractivity contribution is -0.117. The number of hydrogen-bond donors (Lipinski definition) is 2. The fourth-order valence-electron chi connectivity index (χ4n) is 1.63. The summed E-state index contributed by atoms with van der Waals surface area (Å²) in [6.45, 7) is 3.75. The third-order valence-corrected chi connectivity index (χ3v) is 3.94. The zero-order chi connectivity index (χ0) is 14.6. The van der Waals surface area contributed by atoms with Crippen LogP contribution >= 0.6 is 0 Å². The molecule has 19 heavy (non-hydrogen) atoms. The maximum absolute atomic E-state index is 11.8. The predicted molar refractivity (Wildman–Crippen MR) is 75.8 cm³/mol. The van der Waals surface area contributed by atoms with Gasteiger partial charge in [0.15, 0.2) is 9.84 Å². The highest BCUT2D eigenvalue weighted by Gasteiger charge is 2.15. The van der Waals surface area contributed by atoms with Gasteiger partial charge in [0.25, 0.3) is 0 Å². The first-order valence-corrected chi connectivity index (χ1v) is 8.02. The number of sulfone groups is 1. The summed E-state index contributed by atoms with van der Waals surface area (Å²) in [5, 5.41) is 2.68. The van der Waals surface area contributed by atoms with E-state index in [4.69, 9.17) is 5.73 Å². The van der Waals surface area contributed by atoms with E-state index in [1.54, 1.807) is 13.0 Å². The lowest BCUT2D eigenvalue weighted by Gasteiger charge is -2.13. The minimum Gasteiger partial charge on any atom is -0.324 e. The molecule has 0 aliphatic rings. The van der Waals surface area contributed by atoms with Gasteiger partial charge in [-0.05, 0) is 31.0 Å². The van der Waals surface area contributed by atoms with Crippen LogP contribution in [0, 0.1) is 6.92 Å². The summed E-state index contributed by atoms with van der Waals surface area (Å²) >= 11 is 0. The van der Waals surface area contributed by atoms with Crippen molar-refractivity contribution in [1.29, 1.82) is 0 Å². The van der Waals surface area contributed by atoms with E-state index in [-0.39, 0.29) is 10.8 Å².